The lowest BCUT2D eigenvalue weighted by atomic mass is 9.69. The molecule has 0 aromatic carbocycles. The Balaban J connectivity index is 1.74. The van der Waals surface area contributed by atoms with Gasteiger partial charge in [-0.1, -0.05) is 6.42 Å². The number of urea groups is 1. The number of carbonyl (C=O) groups is 2. The maximum atomic E-state index is 11.8. The largest absolute Gasteiger partial charge is 0.481 e. The third kappa shape index (κ3) is 3.04. The van der Waals surface area contributed by atoms with Crippen molar-refractivity contribution >= 4 is 12.0 Å². The lowest BCUT2D eigenvalue weighted by Gasteiger charge is -2.37. The third-order valence-electron chi connectivity index (χ3n) is 4.42. The van der Waals surface area contributed by atoms with Gasteiger partial charge in [0.1, 0.15) is 5.60 Å². The van der Waals surface area contributed by atoms with Crippen molar-refractivity contribution in [3.05, 3.63) is 0 Å². The van der Waals surface area contributed by atoms with Crippen molar-refractivity contribution in [3.63, 3.8) is 0 Å². The quantitative estimate of drug-likeness (QED) is 0.654. The summed E-state index contributed by atoms with van der Waals surface area (Å²) in [4.78, 5) is 22.9. The van der Waals surface area contributed by atoms with E-state index in [2.05, 4.69) is 10.6 Å². The van der Waals surface area contributed by atoms with Gasteiger partial charge in [0.15, 0.2) is 0 Å². The normalized spacial score (nSPS) is 27.6. The number of ether oxygens (including phenoxy) is 2. The van der Waals surface area contributed by atoms with E-state index < -0.39 is 17.0 Å². The molecular weight excluding hydrogens is 264 g/mol. The fourth-order valence-electron chi connectivity index (χ4n) is 2.58. The molecule has 114 valence electrons. The summed E-state index contributed by atoms with van der Waals surface area (Å²) in [5.74, 6) is -0.832. The second-order valence-corrected chi connectivity index (χ2v) is 5.66. The lowest BCUT2D eigenvalue weighted by Crippen LogP contribution is -2.52. The highest BCUT2D eigenvalue weighted by Crippen LogP contribution is 2.40. The summed E-state index contributed by atoms with van der Waals surface area (Å²) in [6.07, 6.45) is 2.89. The number of methoxy groups -OCH3 is 1. The SMILES string of the molecule is COC1(CNC(=O)NCC2(C(=O)O)CCC2)CCOC1. The highest BCUT2D eigenvalue weighted by Gasteiger charge is 2.44. The Labute approximate surface area is 118 Å². The molecule has 7 heteroatoms. The first-order valence-corrected chi connectivity index (χ1v) is 6.90. The summed E-state index contributed by atoms with van der Waals surface area (Å²) < 4.78 is 10.7. The number of amides is 2. The molecule has 0 aromatic heterocycles. The molecule has 1 heterocycles. The van der Waals surface area contributed by atoms with Crippen molar-refractivity contribution in [1.29, 1.82) is 0 Å². The Bertz CT molecular complexity index is 375. The second kappa shape index (κ2) is 5.97. The standard InChI is InChI=1S/C13H22N2O5/c1-19-13(5-6-20-9-13)8-15-11(18)14-7-12(10(16)17)3-2-4-12/h2-9H2,1H3,(H,16,17)(H2,14,15,18). The van der Waals surface area contributed by atoms with Crippen LogP contribution in [0.3, 0.4) is 0 Å². The third-order valence-corrected chi connectivity index (χ3v) is 4.42. The van der Waals surface area contributed by atoms with Gasteiger partial charge in [-0.2, -0.15) is 0 Å². The summed E-state index contributed by atoms with van der Waals surface area (Å²) in [6.45, 7) is 1.61. The molecule has 0 radical (unpaired) electrons. The Morgan fingerprint density at radius 1 is 1.25 bits per heavy atom. The smallest absolute Gasteiger partial charge is 0.314 e. The van der Waals surface area contributed by atoms with E-state index in [1.165, 1.54) is 0 Å². The molecule has 1 saturated heterocycles. The number of hydrogen-bond acceptors (Lipinski definition) is 4. The van der Waals surface area contributed by atoms with Crippen molar-refractivity contribution < 1.29 is 24.2 Å². The van der Waals surface area contributed by atoms with Crippen LogP contribution in [-0.2, 0) is 14.3 Å². The van der Waals surface area contributed by atoms with Gasteiger partial charge in [0.2, 0.25) is 0 Å². The molecule has 2 fully saturated rings. The molecule has 1 unspecified atom stereocenters. The molecule has 0 aromatic rings. The molecule has 1 saturated carbocycles. The number of hydrogen-bond donors (Lipinski definition) is 3. The fourth-order valence-corrected chi connectivity index (χ4v) is 2.58. The minimum atomic E-state index is -0.832. The van der Waals surface area contributed by atoms with E-state index in [4.69, 9.17) is 9.47 Å². The van der Waals surface area contributed by atoms with Crippen LogP contribution in [0.5, 0.6) is 0 Å². The van der Waals surface area contributed by atoms with Crippen molar-refractivity contribution in [2.24, 2.45) is 5.41 Å². The van der Waals surface area contributed by atoms with Crippen molar-refractivity contribution in [2.45, 2.75) is 31.3 Å². The average Bonchev–Trinajstić information content (AvgIpc) is 2.84. The number of nitrogens with one attached hydrogen (secondary N) is 2. The highest BCUT2D eigenvalue weighted by atomic mass is 16.5. The Hall–Kier alpha value is -1.34. The molecule has 1 aliphatic heterocycles. The van der Waals surface area contributed by atoms with Crippen LogP contribution < -0.4 is 10.6 Å². The highest BCUT2D eigenvalue weighted by molar-refractivity contribution is 5.78. The van der Waals surface area contributed by atoms with E-state index >= 15 is 0 Å². The van der Waals surface area contributed by atoms with Gasteiger partial charge in [-0.3, -0.25) is 4.79 Å². The van der Waals surface area contributed by atoms with Gasteiger partial charge in [-0.15, -0.1) is 0 Å². The average molecular weight is 286 g/mol. The first-order chi connectivity index (χ1) is 9.52. The molecule has 0 spiro atoms. The first kappa shape index (κ1) is 15.1. The van der Waals surface area contributed by atoms with Crippen LogP contribution in [0, 0.1) is 5.41 Å². The topological polar surface area (TPSA) is 96.9 Å². The predicted octanol–water partition coefficient (Wildman–Crippen LogP) is 0.346. The molecule has 1 aliphatic carbocycles. The molecular formula is C13H22N2O5. The van der Waals surface area contributed by atoms with Gasteiger partial charge >= 0.3 is 12.0 Å². The van der Waals surface area contributed by atoms with E-state index in [9.17, 15) is 14.7 Å². The Morgan fingerprint density at radius 2 is 1.95 bits per heavy atom. The maximum Gasteiger partial charge on any atom is 0.314 e. The Kier molecular flexibility index (Phi) is 4.49. The molecule has 2 aliphatic rings. The van der Waals surface area contributed by atoms with E-state index in [0.29, 0.717) is 32.6 Å². The van der Waals surface area contributed by atoms with Crippen LogP contribution in [0.4, 0.5) is 4.79 Å². The van der Waals surface area contributed by atoms with E-state index in [-0.39, 0.29) is 12.6 Å². The van der Waals surface area contributed by atoms with E-state index in [1.54, 1.807) is 7.11 Å². The molecule has 7 nitrogen and oxygen atoms in total. The maximum absolute atomic E-state index is 11.8. The van der Waals surface area contributed by atoms with E-state index in [0.717, 1.165) is 12.8 Å². The summed E-state index contributed by atoms with van der Waals surface area (Å²) >= 11 is 0. The van der Waals surface area contributed by atoms with Crippen LogP contribution in [0.25, 0.3) is 0 Å². The summed E-state index contributed by atoms with van der Waals surface area (Å²) in [6, 6.07) is -0.360. The summed E-state index contributed by atoms with van der Waals surface area (Å²) in [7, 11) is 1.60. The van der Waals surface area contributed by atoms with Crippen LogP contribution in [-0.4, -0.2) is 56.1 Å². The zero-order valence-corrected chi connectivity index (χ0v) is 11.7. The van der Waals surface area contributed by atoms with Crippen LogP contribution in [0.15, 0.2) is 0 Å². The minimum absolute atomic E-state index is 0.171. The van der Waals surface area contributed by atoms with Gasteiger partial charge < -0.3 is 25.2 Å². The van der Waals surface area contributed by atoms with Crippen molar-refractivity contribution in [3.8, 4) is 0 Å². The van der Waals surface area contributed by atoms with Crippen molar-refractivity contribution in [1.82, 2.24) is 10.6 Å². The lowest BCUT2D eigenvalue weighted by molar-refractivity contribution is -0.153. The number of carbonyl (C=O) groups excluding carboxylic acids is 1. The first-order valence-electron chi connectivity index (χ1n) is 6.90. The van der Waals surface area contributed by atoms with Gasteiger partial charge in [0, 0.05) is 26.7 Å². The molecule has 2 amide bonds. The van der Waals surface area contributed by atoms with Gasteiger partial charge in [-0.05, 0) is 12.8 Å². The molecule has 1 atom stereocenters. The molecule has 0 bridgehead atoms. The zero-order valence-electron chi connectivity index (χ0n) is 11.7. The van der Waals surface area contributed by atoms with Gasteiger partial charge in [0.25, 0.3) is 0 Å². The van der Waals surface area contributed by atoms with Crippen molar-refractivity contribution in [2.75, 3.05) is 33.4 Å². The Morgan fingerprint density at radius 3 is 2.40 bits per heavy atom. The van der Waals surface area contributed by atoms with Gasteiger partial charge in [0.05, 0.1) is 18.6 Å². The monoisotopic (exact) mass is 286 g/mol. The van der Waals surface area contributed by atoms with Crippen LogP contribution >= 0.6 is 0 Å². The zero-order chi connectivity index (χ0) is 14.6. The van der Waals surface area contributed by atoms with Gasteiger partial charge in [-0.25, -0.2) is 4.79 Å². The van der Waals surface area contributed by atoms with E-state index in [1.807, 2.05) is 0 Å². The molecule has 3 N–H and O–H groups in total. The number of carboxylic acids is 1. The van der Waals surface area contributed by atoms with Crippen LogP contribution in [0.2, 0.25) is 0 Å². The summed E-state index contributed by atoms with van der Waals surface area (Å²) in [5, 5.41) is 14.5. The molecule has 2 rings (SSSR count). The predicted molar refractivity (Wildman–Crippen MR) is 70.5 cm³/mol. The number of rotatable bonds is 6. The summed E-state index contributed by atoms with van der Waals surface area (Å²) in [5.41, 5.74) is -1.23. The van der Waals surface area contributed by atoms with Crippen LogP contribution in [0.1, 0.15) is 25.7 Å². The number of carboxylic acid groups (broad SMARTS) is 1. The molecule has 20 heavy (non-hydrogen) atoms. The minimum Gasteiger partial charge on any atom is -0.481 e. The fraction of sp³-hybridized carbons (Fsp3) is 0.846. The number of aliphatic carboxylic acids is 1. The second-order valence-electron chi connectivity index (χ2n) is 5.66.